The number of hydrogen-bond acceptors (Lipinski definition) is 6. The average Bonchev–Trinajstić information content (AvgIpc) is 2.59. The molecule has 0 saturated carbocycles. The van der Waals surface area contributed by atoms with E-state index in [-0.39, 0.29) is 41.3 Å². The molecule has 1 N–H and O–H groups in total. The number of ketones is 3. The molecule has 0 spiro atoms. The molecule has 7 heteroatoms. The number of rotatable bonds is 12. The minimum atomic E-state index is -0.785. The zero-order valence-electron chi connectivity index (χ0n) is 15.6. The third-order valence-corrected chi connectivity index (χ3v) is 4.29. The van der Waals surface area contributed by atoms with Crippen LogP contribution >= 0.6 is 0 Å². The van der Waals surface area contributed by atoms with Crippen LogP contribution in [0.4, 0.5) is 0 Å². The molecule has 0 heterocycles. The molecule has 0 amide bonds. The van der Waals surface area contributed by atoms with Gasteiger partial charge >= 0.3 is 5.97 Å². The summed E-state index contributed by atoms with van der Waals surface area (Å²) in [4.78, 5) is 47.5. The van der Waals surface area contributed by atoms with Gasteiger partial charge in [-0.05, 0) is 19.8 Å². The summed E-state index contributed by atoms with van der Waals surface area (Å²) in [6.45, 7) is 1.45. The standard InChI is InChI=1S/C19H26O7/c1-12-15(17(24)19(26-3)18(25-2)16(12)23)13(20)10-8-6-4-5-7-9-11-14(21)22/h4-11H2,1-3H3,(H,21,22). The van der Waals surface area contributed by atoms with Crippen molar-refractivity contribution in [3.05, 3.63) is 22.7 Å². The molecule has 0 bridgehead atoms. The maximum absolute atomic E-state index is 12.4. The number of unbranched alkanes of at least 4 members (excludes halogenated alkanes) is 5. The van der Waals surface area contributed by atoms with E-state index in [4.69, 9.17) is 14.6 Å². The van der Waals surface area contributed by atoms with E-state index in [1.54, 1.807) is 0 Å². The van der Waals surface area contributed by atoms with Crippen LogP contribution in [0.15, 0.2) is 22.7 Å². The Bertz CT molecular complexity index is 640. The number of methoxy groups -OCH3 is 2. The molecule has 0 aromatic rings. The van der Waals surface area contributed by atoms with Crippen molar-refractivity contribution in [2.45, 2.75) is 58.3 Å². The molecule has 1 aliphatic carbocycles. The predicted octanol–water partition coefficient (Wildman–Crippen LogP) is 2.73. The van der Waals surface area contributed by atoms with Gasteiger partial charge in [0.2, 0.25) is 23.1 Å². The van der Waals surface area contributed by atoms with Crippen LogP contribution in [0, 0.1) is 0 Å². The third-order valence-electron chi connectivity index (χ3n) is 4.29. The normalized spacial score (nSPS) is 14.7. The van der Waals surface area contributed by atoms with E-state index in [0.29, 0.717) is 12.8 Å². The molecule has 0 saturated heterocycles. The highest BCUT2D eigenvalue weighted by molar-refractivity contribution is 6.34. The SMILES string of the molecule is COC1=C(OC)C(=O)C(C(=O)CCCCCCCCC(=O)O)=C(C)C1=O. The van der Waals surface area contributed by atoms with E-state index in [0.717, 1.165) is 25.7 Å². The molecule has 0 aromatic heterocycles. The molecular formula is C19H26O7. The lowest BCUT2D eigenvalue weighted by Gasteiger charge is -2.19. The van der Waals surface area contributed by atoms with Crippen LogP contribution in [0.25, 0.3) is 0 Å². The first-order valence-corrected chi connectivity index (χ1v) is 8.72. The molecule has 26 heavy (non-hydrogen) atoms. The summed E-state index contributed by atoms with van der Waals surface area (Å²) >= 11 is 0. The van der Waals surface area contributed by atoms with Crippen LogP contribution in [0.5, 0.6) is 0 Å². The topological polar surface area (TPSA) is 107 Å². The second kappa shape index (κ2) is 10.5. The molecule has 144 valence electrons. The lowest BCUT2D eigenvalue weighted by molar-refractivity contribution is -0.137. The smallest absolute Gasteiger partial charge is 0.303 e. The van der Waals surface area contributed by atoms with Gasteiger partial charge in [0.1, 0.15) is 0 Å². The summed E-state index contributed by atoms with van der Waals surface area (Å²) in [6.07, 6.45) is 5.09. The Balaban J connectivity index is 2.52. The van der Waals surface area contributed by atoms with Crippen molar-refractivity contribution in [3.8, 4) is 0 Å². The highest BCUT2D eigenvalue weighted by Crippen LogP contribution is 2.27. The van der Waals surface area contributed by atoms with Gasteiger partial charge in [0.15, 0.2) is 5.78 Å². The van der Waals surface area contributed by atoms with Gasteiger partial charge in [0.25, 0.3) is 0 Å². The van der Waals surface area contributed by atoms with Crippen molar-refractivity contribution < 1.29 is 33.8 Å². The maximum Gasteiger partial charge on any atom is 0.303 e. The Morgan fingerprint density at radius 1 is 0.808 bits per heavy atom. The largest absolute Gasteiger partial charge is 0.489 e. The summed E-state index contributed by atoms with van der Waals surface area (Å²) < 4.78 is 9.90. The quantitative estimate of drug-likeness (QED) is 0.321. The van der Waals surface area contributed by atoms with Gasteiger partial charge in [-0.3, -0.25) is 19.2 Å². The Labute approximate surface area is 153 Å². The van der Waals surface area contributed by atoms with E-state index in [9.17, 15) is 19.2 Å². The molecule has 7 nitrogen and oxygen atoms in total. The van der Waals surface area contributed by atoms with Gasteiger partial charge < -0.3 is 14.6 Å². The molecule has 0 atom stereocenters. The first-order chi connectivity index (χ1) is 12.3. The van der Waals surface area contributed by atoms with Crippen molar-refractivity contribution in [2.75, 3.05) is 14.2 Å². The van der Waals surface area contributed by atoms with E-state index in [1.807, 2.05) is 0 Å². The Morgan fingerprint density at radius 2 is 1.27 bits per heavy atom. The highest BCUT2D eigenvalue weighted by atomic mass is 16.5. The second-order valence-corrected chi connectivity index (χ2v) is 6.16. The van der Waals surface area contributed by atoms with Crippen LogP contribution < -0.4 is 0 Å². The fourth-order valence-electron chi connectivity index (χ4n) is 2.87. The van der Waals surface area contributed by atoms with Gasteiger partial charge in [0, 0.05) is 18.4 Å². The highest BCUT2D eigenvalue weighted by Gasteiger charge is 2.37. The van der Waals surface area contributed by atoms with Crippen LogP contribution in [0.3, 0.4) is 0 Å². The van der Waals surface area contributed by atoms with Crippen molar-refractivity contribution in [2.24, 2.45) is 0 Å². The van der Waals surface area contributed by atoms with Crippen molar-refractivity contribution in [1.82, 2.24) is 0 Å². The Morgan fingerprint density at radius 3 is 1.77 bits per heavy atom. The molecule has 0 unspecified atom stereocenters. The van der Waals surface area contributed by atoms with Crippen LogP contribution in [-0.2, 0) is 28.7 Å². The monoisotopic (exact) mass is 366 g/mol. The van der Waals surface area contributed by atoms with E-state index in [2.05, 4.69) is 0 Å². The zero-order chi connectivity index (χ0) is 19.7. The van der Waals surface area contributed by atoms with E-state index < -0.39 is 17.5 Å². The van der Waals surface area contributed by atoms with Gasteiger partial charge in [0.05, 0.1) is 19.8 Å². The minimum Gasteiger partial charge on any atom is -0.489 e. The number of carbonyl (C=O) groups excluding carboxylic acids is 3. The van der Waals surface area contributed by atoms with Crippen LogP contribution in [0.1, 0.15) is 58.3 Å². The van der Waals surface area contributed by atoms with Crippen molar-refractivity contribution in [3.63, 3.8) is 0 Å². The summed E-state index contributed by atoms with van der Waals surface area (Å²) in [7, 11) is 2.53. The Kier molecular flexibility index (Phi) is 8.75. The lowest BCUT2D eigenvalue weighted by Crippen LogP contribution is -2.28. The van der Waals surface area contributed by atoms with Crippen LogP contribution in [-0.4, -0.2) is 42.6 Å². The molecule has 0 aliphatic heterocycles. The summed E-state index contributed by atoms with van der Waals surface area (Å²) in [5.74, 6) is -2.67. The van der Waals surface area contributed by atoms with E-state index in [1.165, 1.54) is 21.1 Å². The number of carboxylic acids is 1. The molecule has 1 rings (SSSR count). The van der Waals surface area contributed by atoms with Crippen molar-refractivity contribution in [1.29, 1.82) is 0 Å². The molecular weight excluding hydrogens is 340 g/mol. The van der Waals surface area contributed by atoms with Gasteiger partial charge in [-0.25, -0.2) is 0 Å². The summed E-state index contributed by atoms with van der Waals surface area (Å²) in [6, 6.07) is 0. The maximum atomic E-state index is 12.4. The predicted molar refractivity (Wildman–Crippen MR) is 93.3 cm³/mol. The molecule has 0 radical (unpaired) electrons. The average molecular weight is 366 g/mol. The number of carbonyl (C=O) groups is 4. The van der Waals surface area contributed by atoms with Crippen LogP contribution in [0.2, 0.25) is 0 Å². The molecule has 0 fully saturated rings. The summed E-state index contributed by atoms with van der Waals surface area (Å²) in [5.41, 5.74) is -0.0274. The van der Waals surface area contributed by atoms with Crippen molar-refractivity contribution >= 4 is 23.3 Å². The van der Waals surface area contributed by atoms with E-state index >= 15 is 0 Å². The van der Waals surface area contributed by atoms with Gasteiger partial charge in [-0.2, -0.15) is 0 Å². The summed E-state index contributed by atoms with van der Waals surface area (Å²) in [5, 5.41) is 8.56. The number of carboxylic acid groups (broad SMARTS) is 1. The number of ether oxygens (including phenoxy) is 2. The fraction of sp³-hybridized carbons (Fsp3) is 0.579. The number of allylic oxidation sites excluding steroid dienone is 2. The minimum absolute atomic E-state index is 0.0892. The third kappa shape index (κ3) is 5.54. The number of aliphatic carboxylic acids is 1. The fourth-order valence-corrected chi connectivity index (χ4v) is 2.87. The lowest BCUT2D eigenvalue weighted by atomic mass is 9.88. The molecule has 1 aliphatic rings. The number of hydrogen-bond donors (Lipinski definition) is 1. The first-order valence-electron chi connectivity index (χ1n) is 8.72. The van der Waals surface area contributed by atoms with Gasteiger partial charge in [-0.1, -0.05) is 25.7 Å². The molecule has 0 aromatic carbocycles. The second-order valence-electron chi connectivity index (χ2n) is 6.16. The van der Waals surface area contributed by atoms with Gasteiger partial charge in [-0.15, -0.1) is 0 Å². The Hall–Kier alpha value is -2.44. The number of Topliss-reactive ketones (excluding diaryl/α,β-unsaturated/α-hetero) is 3. The first kappa shape index (κ1) is 21.6. The zero-order valence-corrected chi connectivity index (χ0v) is 15.6.